The van der Waals surface area contributed by atoms with Crippen molar-refractivity contribution in [1.82, 2.24) is 29.6 Å². The normalized spacial score (nSPS) is 20.0. The first-order valence-electron chi connectivity index (χ1n) is 25.8. The number of piperidine rings is 1. The molecule has 9 atom stereocenters. The van der Waals surface area contributed by atoms with Crippen LogP contribution in [-0.4, -0.2) is 178 Å². The number of nitrogens with zero attached hydrogens (tertiary/aromatic N) is 4. The zero-order valence-corrected chi connectivity index (χ0v) is 45.6. The van der Waals surface area contributed by atoms with Crippen LogP contribution >= 0.6 is 0 Å². The Labute approximate surface area is 427 Å². The number of hydrogen-bond acceptors (Lipinski definition) is 13. The third kappa shape index (κ3) is 15.9. The molecule has 3 aliphatic rings. The van der Waals surface area contributed by atoms with Gasteiger partial charge in [-0.05, 0) is 88.1 Å². The second-order valence-corrected chi connectivity index (χ2v) is 23.1. The van der Waals surface area contributed by atoms with Crippen LogP contribution in [0.4, 0.5) is 0 Å². The van der Waals surface area contributed by atoms with E-state index < -0.39 is 81.1 Å². The first-order chi connectivity index (χ1) is 33.9. The van der Waals surface area contributed by atoms with Gasteiger partial charge in [0, 0.05) is 59.7 Å². The summed E-state index contributed by atoms with van der Waals surface area (Å²) in [7, 11) is 4.46. The average Bonchev–Trinajstić information content (AvgIpc) is 4.10. The Hall–Kier alpha value is -4.66. The Morgan fingerprint density at radius 2 is 1.43 bits per heavy atom. The van der Waals surface area contributed by atoms with Gasteiger partial charge in [-0.1, -0.05) is 67.0 Å². The molecular formula is C52H84N6O13S. The number of Topliss-reactive ketones (excluding diaryl/α,β-unsaturated/α-hetero) is 1. The van der Waals surface area contributed by atoms with Gasteiger partial charge in [-0.15, -0.1) is 0 Å². The Morgan fingerprint density at radius 3 is 1.94 bits per heavy atom. The number of aliphatic carboxylic acids is 1. The molecule has 0 bridgehead atoms. The third-order valence-electron chi connectivity index (χ3n) is 15.1. The minimum atomic E-state index is -3.98. The lowest BCUT2D eigenvalue weighted by molar-refractivity contribution is -0.149. The average molecular weight is 1030 g/mol. The fourth-order valence-electron chi connectivity index (χ4n) is 10.5. The largest absolute Gasteiger partial charge is 0.484 e. The Kier molecular flexibility index (Phi) is 22.5. The van der Waals surface area contributed by atoms with Crippen molar-refractivity contribution in [2.24, 2.45) is 35.5 Å². The minimum Gasteiger partial charge on any atom is -0.484 e. The molecule has 3 N–H and O–H groups in total. The van der Waals surface area contributed by atoms with Crippen LogP contribution in [0.25, 0.3) is 0 Å². The first kappa shape index (κ1) is 59.9. The minimum absolute atomic E-state index is 0.00310. The number of rotatable bonds is 28. The molecular weight excluding hydrogens is 949 g/mol. The van der Waals surface area contributed by atoms with Gasteiger partial charge >= 0.3 is 5.97 Å². The summed E-state index contributed by atoms with van der Waals surface area (Å²) < 4.78 is 45.8. The molecule has 1 saturated carbocycles. The number of benzene rings is 1. The summed E-state index contributed by atoms with van der Waals surface area (Å²) in [5.41, 5.74) is 0.560. The lowest BCUT2D eigenvalue weighted by Crippen LogP contribution is -2.55. The molecule has 5 amide bonds. The maximum Gasteiger partial charge on any atom is 0.306 e. The van der Waals surface area contributed by atoms with Crippen LogP contribution in [0, 0.1) is 35.5 Å². The Morgan fingerprint density at radius 1 is 0.806 bits per heavy atom. The van der Waals surface area contributed by atoms with Crippen LogP contribution in [0.3, 0.4) is 0 Å². The summed E-state index contributed by atoms with van der Waals surface area (Å²) in [6.45, 7) is 14.3. The van der Waals surface area contributed by atoms with Gasteiger partial charge in [-0.3, -0.25) is 43.2 Å². The molecule has 406 valence electrons. The molecule has 1 aliphatic carbocycles. The van der Waals surface area contributed by atoms with Crippen LogP contribution in [0.2, 0.25) is 0 Å². The van der Waals surface area contributed by atoms with Gasteiger partial charge in [0.25, 0.3) is 11.8 Å². The summed E-state index contributed by atoms with van der Waals surface area (Å²) in [6.07, 6.45) is 1.82. The Balaban J connectivity index is 1.47. The van der Waals surface area contributed by atoms with Crippen molar-refractivity contribution >= 4 is 51.3 Å². The number of carboxylic acid groups (broad SMARTS) is 1. The van der Waals surface area contributed by atoms with Gasteiger partial charge in [0.15, 0.2) is 12.4 Å². The van der Waals surface area contributed by atoms with Gasteiger partial charge in [0.2, 0.25) is 27.7 Å². The second kappa shape index (κ2) is 27.0. The van der Waals surface area contributed by atoms with E-state index in [1.165, 1.54) is 14.2 Å². The monoisotopic (exact) mass is 1030 g/mol. The summed E-state index contributed by atoms with van der Waals surface area (Å²) in [6, 6.07) is 3.78. The maximum absolute atomic E-state index is 14.5. The molecule has 0 unspecified atom stereocenters. The summed E-state index contributed by atoms with van der Waals surface area (Å²) in [5.74, 6) is -4.83. The zero-order chi connectivity index (χ0) is 53.8. The van der Waals surface area contributed by atoms with Crippen LogP contribution < -0.4 is 14.8 Å². The number of likely N-dealkylation sites (tertiary alicyclic amines) is 2. The molecule has 1 aromatic rings. The predicted molar refractivity (Wildman–Crippen MR) is 271 cm³/mol. The smallest absolute Gasteiger partial charge is 0.306 e. The number of carbonyl (C=O) groups excluding carboxylic acids is 6. The van der Waals surface area contributed by atoms with E-state index in [9.17, 15) is 47.1 Å². The zero-order valence-electron chi connectivity index (χ0n) is 44.8. The second-order valence-electron chi connectivity index (χ2n) is 21.2. The quantitative estimate of drug-likeness (QED) is 0.108. The third-order valence-corrected chi connectivity index (χ3v) is 16.9. The molecule has 19 nitrogen and oxygen atoms in total. The molecule has 2 aliphatic heterocycles. The van der Waals surface area contributed by atoms with Crippen molar-refractivity contribution in [3.8, 4) is 5.75 Å². The van der Waals surface area contributed by atoms with Gasteiger partial charge in [-0.2, -0.15) is 0 Å². The van der Waals surface area contributed by atoms with Gasteiger partial charge in [0.05, 0.1) is 53.8 Å². The van der Waals surface area contributed by atoms with E-state index in [4.69, 9.17) is 14.2 Å². The molecule has 2 saturated heterocycles. The van der Waals surface area contributed by atoms with Gasteiger partial charge in [-0.25, -0.2) is 8.42 Å². The Bertz CT molecular complexity index is 2120. The van der Waals surface area contributed by atoms with E-state index in [2.05, 4.69) is 10.0 Å². The highest BCUT2D eigenvalue weighted by atomic mass is 32.2. The van der Waals surface area contributed by atoms with Crippen molar-refractivity contribution in [2.75, 3.05) is 61.6 Å². The predicted octanol–water partition coefficient (Wildman–Crippen LogP) is 3.76. The molecule has 0 spiro atoms. The summed E-state index contributed by atoms with van der Waals surface area (Å²) in [4.78, 5) is 101. The molecule has 0 radical (unpaired) electrons. The van der Waals surface area contributed by atoms with E-state index in [-0.39, 0.29) is 73.2 Å². The van der Waals surface area contributed by atoms with E-state index >= 15 is 0 Å². The van der Waals surface area contributed by atoms with Crippen LogP contribution in [0.5, 0.6) is 5.75 Å². The number of hydrogen-bond donors (Lipinski definition) is 3. The number of amides is 5. The van der Waals surface area contributed by atoms with E-state index in [1.54, 1.807) is 52.9 Å². The van der Waals surface area contributed by atoms with Crippen LogP contribution in [-0.2, 0) is 59.5 Å². The SMILES string of the molecule is CC[C@H](C)[C@@H]([C@@H](CC(=O)N1CCC[C@H]1[C@H](OC)[C@@H](C)C(=O)N[C@@H](Cc1ccc(OCC(=O)N2CCC(C(=O)O)CC2)cc1)C(=O)NS(=O)(=O)C1CC1)OC)N(C)C(=O)[C@@H](CC(=O)[C@H](C(C)C)N(C)C)C(C)C. The highest BCUT2D eigenvalue weighted by Gasteiger charge is 2.44. The summed E-state index contributed by atoms with van der Waals surface area (Å²) >= 11 is 0. The van der Waals surface area contributed by atoms with Gasteiger partial charge < -0.3 is 39.3 Å². The fraction of sp³-hybridized carbons (Fsp3) is 0.750. The molecule has 0 aromatic heterocycles. The number of methoxy groups -OCH3 is 2. The van der Waals surface area contributed by atoms with E-state index in [0.29, 0.717) is 75.9 Å². The van der Waals surface area contributed by atoms with Crippen molar-refractivity contribution in [2.45, 2.75) is 154 Å². The maximum atomic E-state index is 14.5. The number of ketones is 1. The molecule has 1 aromatic carbocycles. The first-order valence-corrected chi connectivity index (χ1v) is 27.3. The number of carbonyl (C=O) groups is 7. The molecule has 72 heavy (non-hydrogen) atoms. The highest BCUT2D eigenvalue weighted by molar-refractivity contribution is 7.90. The number of carboxylic acids is 1. The molecule has 2 heterocycles. The lowest BCUT2D eigenvalue weighted by atomic mass is 9.83. The molecule has 4 rings (SSSR count). The standard InChI is InChI=1S/C52H84N6O13S/c1-13-33(6)47(56(10)51(64)39(31(2)3)28-42(59)46(32(4)5)55(8)9)43(69-11)29-44(60)58-24-14-15-41(58)48(70-12)34(7)49(62)53-40(50(63)54-72(67,68)38-20-21-38)27-35-16-18-37(19-17-35)71-30-45(61)57-25-22-36(23-26-57)52(65)66/h16-19,31-34,36,38-41,43,46-48H,13-15,20-30H2,1-12H3,(H,53,62)(H,54,63)(H,65,66)/t33-,34+,39-,40-,41-,43+,46-,47-,48+/m0/s1. The lowest BCUT2D eigenvalue weighted by Gasteiger charge is -2.41. The molecule has 3 fully saturated rings. The van der Waals surface area contributed by atoms with Crippen molar-refractivity contribution < 1.29 is 61.3 Å². The van der Waals surface area contributed by atoms with Crippen molar-refractivity contribution in [3.63, 3.8) is 0 Å². The topological polar surface area (TPSA) is 239 Å². The number of likely N-dealkylation sites (N-methyl/N-ethyl adjacent to an activating group) is 2. The van der Waals surface area contributed by atoms with Crippen molar-refractivity contribution in [1.29, 1.82) is 0 Å². The van der Waals surface area contributed by atoms with Crippen molar-refractivity contribution in [3.05, 3.63) is 29.8 Å². The fourth-order valence-corrected chi connectivity index (χ4v) is 11.9. The highest BCUT2D eigenvalue weighted by Crippen LogP contribution is 2.32. The van der Waals surface area contributed by atoms with Crippen LogP contribution in [0.15, 0.2) is 24.3 Å². The summed E-state index contributed by atoms with van der Waals surface area (Å²) in [5, 5.41) is 11.4. The molecule has 20 heteroatoms. The number of nitrogens with one attached hydrogen (secondary N) is 2. The van der Waals surface area contributed by atoms with E-state index in [0.717, 1.165) is 0 Å². The van der Waals surface area contributed by atoms with Gasteiger partial charge in [0.1, 0.15) is 11.8 Å². The number of sulfonamides is 1. The number of ether oxygens (including phenoxy) is 3. The van der Waals surface area contributed by atoms with E-state index in [1.807, 2.05) is 60.5 Å². The van der Waals surface area contributed by atoms with Crippen LogP contribution in [0.1, 0.15) is 112 Å².